The van der Waals surface area contributed by atoms with Crippen LogP contribution in [0.15, 0.2) is 71.6 Å². The summed E-state index contributed by atoms with van der Waals surface area (Å²) in [6.07, 6.45) is 1.18. The second-order valence-electron chi connectivity index (χ2n) is 7.46. The summed E-state index contributed by atoms with van der Waals surface area (Å²) in [5.41, 5.74) is 2.73. The maximum Gasteiger partial charge on any atom is 0.241 e. The molecule has 32 heavy (non-hydrogen) atoms. The molecule has 3 aromatic rings. The van der Waals surface area contributed by atoms with Gasteiger partial charge in [-0.2, -0.15) is 0 Å². The van der Waals surface area contributed by atoms with Crippen LogP contribution in [0.2, 0.25) is 0 Å². The molecule has 3 rings (SSSR count). The first-order chi connectivity index (χ1) is 15.4. The minimum atomic E-state index is -3.79. The Morgan fingerprint density at radius 1 is 0.844 bits per heavy atom. The SMILES string of the molecule is COc1cc(OC)c(C(CCc2ccccc2)NS(=O)(=O)c2ccc(C)cc2)c(OC)c1. The molecule has 0 saturated carbocycles. The Morgan fingerprint density at radius 2 is 1.44 bits per heavy atom. The number of rotatable bonds is 10. The average molecular weight is 456 g/mol. The molecule has 0 bridgehead atoms. The van der Waals surface area contributed by atoms with E-state index in [1.54, 1.807) is 57.7 Å². The fourth-order valence-corrected chi connectivity index (χ4v) is 4.81. The number of nitrogens with one attached hydrogen (secondary N) is 1. The molecule has 0 aliphatic heterocycles. The molecule has 0 fully saturated rings. The third kappa shape index (κ3) is 5.60. The highest BCUT2D eigenvalue weighted by Crippen LogP contribution is 2.40. The Hall–Kier alpha value is -3.03. The van der Waals surface area contributed by atoms with E-state index < -0.39 is 16.1 Å². The molecule has 0 aliphatic carbocycles. The van der Waals surface area contributed by atoms with Crippen molar-refractivity contribution in [1.82, 2.24) is 4.72 Å². The number of ether oxygens (including phenoxy) is 3. The van der Waals surface area contributed by atoms with Gasteiger partial charge in [-0.15, -0.1) is 0 Å². The Labute approximate surface area is 190 Å². The summed E-state index contributed by atoms with van der Waals surface area (Å²) in [4.78, 5) is 0.208. The summed E-state index contributed by atoms with van der Waals surface area (Å²) < 4.78 is 45.9. The first kappa shape index (κ1) is 23.6. The van der Waals surface area contributed by atoms with Crippen LogP contribution in [0.25, 0.3) is 0 Å². The third-order valence-corrected chi connectivity index (χ3v) is 6.78. The molecule has 0 spiro atoms. The minimum Gasteiger partial charge on any atom is -0.496 e. The number of hydrogen-bond acceptors (Lipinski definition) is 5. The van der Waals surface area contributed by atoms with Crippen LogP contribution in [-0.4, -0.2) is 29.7 Å². The van der Waals surface area contributed by atoms with Crippen LogP contribution in [-0.2, 0) is 16.4 Å². The lowest BCUT2D eigenvalue weighted by Gasteiger charge is -2.24. The largest absolute Gasteiger partial charge is 0.496 e. The van der Waals surface area contributed by atoms with Gasteiger partial charge in [0, 0.05) is 12.1 Å². The summed E-state index contributed by atoms with van der Waals surface area (Å²) >= 11 is 0. The maximum absolute atomic E-state index is 13.2. The van der Waals surface area contributed by atoms with E-state index in [4.69, 9.17) is 14.2 Å². The highest BCUT2D eigenvalue weighted by atomic mass is 32.2. The van der Waals surface area contributed by atoms with Crippen molar-refractivity contribution < 1.29 is 22.6 Å². The lowest BCUT2D eigenvalue weighted by atomic mass is 9.97. The van der Waals surface area contributed by atoms with Gasteiger partial charge in [-0.3, -0.25) is 0 Å². The summed E-state index contributed by atoms with van der Waals surface area (Å²) in [6, 6.07) is 19.6. The molecule has 0 aliphatic rings. The standard InChI is InChI=1S/C25H29NO5S/c1-18-10-13-21(14-11-18)32(27,28)26-22(15-12-19-8-6-5-7-9-19)25-23(30-3)16-20(29-2)17-24(25)31-4/h5-11,13-14,16-17,22,26H,12,15H2,1-4H3. The molecule has 0 radical (unpaired) electrons. The number of hydrogen-bond donors (Lipinski definition) is 1. The molecule has 0 saturated heterocycles. The van der Waals surface area contributed by atoms with Crippen LogP contribution in [0, 0.1) is 6.92 Å². The van der Waals surface area contributed by atoms with Crippen molar-refractivity contribution in [3.63, 3.8) is 0 Å². The average Bonchev–Trinajstić information content (AvgIpc) is 2.81. The first-order valence-electron chi connectivity index (χ1n) is 10.3. The van der Waals surface area contributed by atoms with Gasteiger partial charge in [0.15, 0.2) is 0 Å². The summed E-state index contributed by atoms with van der Waals surface area (Å²) in [5, 5.41) is 0. The molecule has 0 aromatic heterocycles. The topological polar surface area (TPSA) is 73.9 Å². The van der Waals surface area contributed by atoms with Crippen LogP contribution >= 0.6 is 0 Å². The van der Waals surface area contributed by atoms with Gasteiger partial charge in [-0.1, -0.05) is 48.0 Å². The maximum atomic E-state index is 13.2. The highest BCUT2D eigenvalue weighted by Gasteiger charge is 2.27. The molecule has 7 heteroatoms. The monoisotopic (exact) mass is 455 g/mol. The van der Waals surface area contributed by atoms with Crippen LogP contribution in [0.5, 0.6) is 17.2 Å². The zero-order valence-corrected chi connectivity index (χ0v) is 19.6. The highest BCUT2D eigenvalue weighted by molar-refractivity contribution is 7.89. The summed E-state index contributed by atoms with van der Waals surface area (Å²) in [6.45, 7) is 1.92. The zero-order chi connectivity index (χ0) is 23.1. The van der Waals surface area contributed by atoms with E-state index in [0.717, 1.165) is 11.1 Å². The molecular formula is C25H29NO5S. The van der Waals surface area contributed by atoms with Gasteiger partial charge >= 0.3 is 0 Å². The number of methoxy groups -OCH3 is 3. The van der Waals surface area contributed by atoms with Crippen LogP contribution in [0.1, 0.15) is 29.2 Å². The Kier molecular flexibility index (Phi) is 7.77. The first-order valence-corrected chi connectivity index (χ1v) is 11.8. The van der Waals surface area contributed by atoms with Gasteiger partial charge in [0.05, 0.1) is 37.8 Å². The molecule has 1 N–H and O–H groups in total. The number of benzene rings is 3. The van der Waals surface area contributed by atoms with Gasteiger partial charge in [-0.25, -0.2) is 13.1 Å². The molecule has 0 heterocycles. The quantitative estimate of drug-likeness (QED) is 0.481. The van der Waals surface area contributed by atoms with E-state index in [1.807, 2.05) is 37.3 Å². The predicted molar refractivity (Wildman–Crippen MR) is 125 cm³/mol. The molecule has 3 aromatic carbocycles. The van der Waals surface area contributed by atoms with Gasteiger partial charge in [0.2, 0.25) is 10.0 Å². The Morgan fingerprint density at radius 3 is 1.97 bits per heavy atom. The lowest BCUT2D eigenvalue weighted by Crippen LogP contribution is -2.30. The van der Waals surface area contributed by atoms with Crippen LogP contribution in [0.4, 0.5) is 0 Å². The van der Waals surface area contributed by atoms with Gasteiger partial charge in [-0.05, 0) is 37.5 Å². The normalized spacial score (nSPS) is 12.2. The van der Waals surface area contributed by atoms with E-state index in [-0.39, 0.29) is 4.90 Å². The fraction of sp³-hybridized carbons (Fsp3) is 0.280. The van der Waals surface area contributed by atoms with E-state index in [0.29, 0.717) is 35.7 Å². The smallest absolute Gasteiger partial charge is 0.241 e. The predicted octanol–water partition coefficient (Wildman–Crippen LogP) is 4.67. The van der Waals surface area contributed by atoms with Crippen molar-refractivity contribution >= 4 is 10.0 Å². The van der Waals surface area contributed by atoms with Crippen molar-refractivity contribution in [2.24, 2.45) is 0 Å². The van der Waals surface area contributed by atoms with E-state index in [2.05, 4.69) is 4.72 Å². The van der Waals surface area contributed by atoms with E-state index >= 15 is 0 Å². The fourth-order valence-electron chi connectivity index (χ4n) is 3.57. The lowest BCUT2D eigenvalue weighted by molar-refractivity contribution is 0.360. The molecule has 170 valence electrons. The van der Waals surface area contributed by atoms with Crippen LogP contribution in [0.3, 0.4) is 0 Å². The summed E-state index contributed by atoms with van der Waals surface area (Å²) in [7, 11) is 0.854. The molecule has 1 unspecified atom stereocenters. The van der Waals surface area contributed by atoms with E-state index in [9.17, 15) is 8.42 Å². The van der Waals surface area contributed by atoms with Crippen molar-refractivity contribution in [2.75, 3.05) is 21.3 Å². The minimum absolute atomic E-state index is 0.208. The number of aryl methyl sites for hydroxylation is 2. The summed E-state index contributed by atoms with van der Waals surface area (Å²) in [5.74, 6) is 1.54. The van der Waals surface area contributed by atoms with Gasteiger partial charge in [0.1, 0.15) is 17.2 Å². The Balaban J connectivity index is 2.03. The molecule has 0 amide bonds. The van der Waals surface area contributed by atoms with Crippen molar-refractivity contribution in [3.05, 3.63) is 83.4 Å². The molecule has 6 nitrogen and oxygen atoms in total. The second kappa shape index (κ2) is 10.5. The van der Waals surface area contributed by atoms with Crippen molar-refractivity contribution in [1.29, 1.82) is 0 Å². The zero-order valence-electron chi connectivity index (χ0n) is 18.8. The third-order valence-electron chi connectivity index (χ3n) is 5.29. The van der Waals surface area contributed by atoms with Crippen molar-refractivity contribution in [3.8, 4) is 17.2 Å². The van der Waals surface area contributed by atoms with Crippen LogP contribution < -0.4 is 18.9 Å². The Bertz CT molecular complexity index is 1100. The number of sulfonamides is 1. The van der Waals surface area contributed by atoms with Gasteiger partial charge < -0.3 is 14.2 Å². The van der Waals surface area contributed by atoms with E-state index in [1.165, 1.54) is 0 Å². The van der Waals surface area contributed by atoms with Gasteiger partial charge in [0.25, 0.3) is 0 Å². The van der Waals surface area contributed by atoms with Crippen molar-refractivity contribution in [2.45, 2.75) is 30.7 Å². The second-order valence-corrected chi connectivity index (χ2v) is 9.17. The molecular weight excluding hydrogens is 426 g/mol. The molecule has 1 atom stereocenters.